The topological polar surface area (TPSA) is 76.4 Å². The lowest BCUT2D eigenvalue weighted by molar-refractivity contribution is 0.162. The lowest BCUT2D eigenvalue weighted by atomic mass is 10.0. The third-order valence-electron chi connectivity index (χ3n) is 4.73. The second-order valence-electron chi connectivity index (χ2n) is 6.11. The molecule has 2 aromatic rings. The fourth-order valence-electron chi connectivity index (χ4n) is 3.48. The molecule has 3 atom stereocenters. The summed E-state index contributed by atoms with van der Waals surface area (Å²) in [5.74, 6) is 0.245. The van der Waals surface area contributed by atoms with Gasteiger partial charge in [0.15, 0.2) is 9.84 Å². The number of nitriles is 1. The van der Waals surface area contributed by atoms with Gasteiger partial charge in [0, 0.05) is 13.0 Å². The minimum Gasteiger partial charge on any atom is -0.497 e. The van der Waals surface area contributed by atoms with Crippen LogP contribution in [0.25, 0.3) is 0 Å². The first kappa shape index (κ1) is 17.5. The van der Waals surface area contributed by atoms with Crippen LogP contribution in [0.1, 0.15) is 11.5 Å². The summed E-state index contributed by atoms with van der Waals surface area (Å²) in [5.41, 5.74) is -0.290. The van der Waals surface area contributed by atoms with E-state index in [2.05, 4.69) is 6.07 Å². The standard InChI is InChI=1S/C19H19NO4S/c1-23-13-19(12-20)17(14-8-10-15(24-2)11-9-14)18(19)25(21,22)16-6-4-3-5-7-16/h3-11,17-18H,13H2,1-2H3/t17-,18-,19-/m0/s1. The van der Waals surface area contributed by atoms with Crippen molar-refractivity contribution in [2.75, 3.05) is 20.8 Å². The fourth-order valence-corrected chi connectivity index (χ4v) is 5.81. The first-order chi connectivity index (χ1) is 12.0. The maximum absolute atomic E-state index is 13.1. The predicted octanol–water partition coefficient (Wildman–Crippen LogP) is 2.79. The third-order valence-corrected chi connectivity index (χ3v) is 7.02. The largest absolute Gasteiger partial charge is 0.497 e. The molecule has 0 aromatic heterocycles. The van der Waals surface area contributed by atoms with E-state index in [9.17, 15) is 13.7 Å². The molecule has 130 valence electrons. The molecule has 1 aliphatic carbocycles. The van der Waals surface area contributed by atoms with Crippen LogP contribution in [0.3, 0.4) is 0 Å². The quantitative estimate of drug-likeness (QED) is 0.794. The molecule has 0 N–H and O–H groups in total. The van der Waals surface area contributed by atoms with Gasteiger partial charge in [0.05, 0.1) is 29.9 Å². The average Bonchev–Trinajstić information content (AvgIpc) is 3.32. The molecule has 0 aliphatic heterocycles. The Bertz CT molecular complexity index is 887. The summed E-state index contributed by atoms with van der Waals surface area (Å²) in [4.78, 5) is 0.228. The molecule has 0 bridgehead atoms. The molecule has 0 saturated heterocycles. The van der Waals surface area contributed by atoms with Gasteiger partial charge in [-0.1, -0.05) is 30.3 Å². The molecule has 3 rings (SSSR count). The lowest BCUT2D eigenvalue weighted by Gasteiger charge is -2.08. The first-order valence-corrected chi connectivity index (χ1v) is 9.39. The number of ether oxygens (including phenoxy) is 2. The van der Waals surface area contributed by atoms with Gasteiger partial charge >= 0.3 is 0 Å². The number of sulfone groups is 1. The highest BCUT2D eigenvalue weighted by atomic mass is 32.2. The van der Waals surface area contributed by atoms with Crippen LogP contribution in [-0.2, 0) is 14.6 Å². The highest BCUT2D eigenvalue weighted by Gasteiger charge is 2.72. The summed E-state index contributed by atoms with van der Waals surface area (Å²) >= 11 is 0. The van der Waals surface area contributed by atoms with E-state index < -0.39 is 26.4 Å². The van der Waals surface area contributed by atoms with E-state index >= 15 is 0 Å². The van der Waals surface area contributed by atoms with Crippen molar-refractivity contribution in [1.82, 2.24) is 0 Å². The van der Waals surface area contributed by atoms with E-state index in [0.717, 1.165) is 5.56 Å². The number of methoxy groups -OCH3 is 2. The Morgan fingerprint density at radius 1 is 1.08 bits per heavy atom. The lowest BCUT2D eigenvalue weighted by Crippen LogP contribution is -2.19. The summed E-state index contributed by atoms with van der Waals surface area (Å²) in [6.45, 7) is 0.0664. The molecule has 1 aliphatic rings. The molecular formula is C19H19NO4S. The van der Waals surface area contributed by atoms with Gasteiger partial charge < -0.3 is 9.47 Å². The van der Waals surface area contributed by atoms with Crippen molar-refractivity contribution in [3.63, 3.8) is 0 Å². The van der Waals surface area contributed by atoms with Crippen molar-refractivity contribution in [1.29, 1.82) is 5.26 Å². The number of hydrogen-bond donors (Lipinski definition) is 0. The summed E-state index contributed by atoms with van der Waals surface area (Å²) in [7, 11) is -0.605. The Hall–Kier alpha value is -2.36. The molecular weight excluding hydrogens is 338 g/mol. The van der Waals surface area contributed by atoms with Crippen molar-refractivity contribution in [3.8, 4) is 11.8 Å². The maximum atomic E-state index is 13.1. The van der Waals surface area contributed by atoms with Crippen molar-refractivity contribution < 1.29 is 17.9 Å². The van der Waals surface area contributed by atoms with Crippen LogP contribution in [0, 0.1) is 16.7 Å². The zero-order valence-electron chi connectivity index (χ0n) is 14.0. The summed E-state index contributed by atoms with van der Waals surface area (Å²) in [5, 5.41) is 8.95. The van der Waals surface area contributed by atoms with Gasteiger partial charge in [-0.25, -0.2) is 8.42 Å². The van der Waals surface area contributed by atoms with Gasteiger partial charge in [-0.2, -0.15) is 5.26 Å². The molecule has 1 saturated carbocycles. The molecule has 0 amide bonds. The summed E-state index contributed by atoms with van der Waals surface area (Å²) in [6, 6.07) is 17.6. The molecule has 1 fully saturated rings. The van der Waals surface area contributed by atoms with Gasteiger partial charge in [0.1, 0.15) is 11.2 Å². The number of nitrogens with zero attached hydrogens (tertiary/aromatic N) is 1. The van der Waals surface area contributed by atoms with Gasteiger partial charge in [-0.15, -0.1) is 0 Å². The highest BCUT2D eigenvalue weighted by molar-refractivity contribution is 7.92. The van der Waals surface area contributed by atoms with Crippen molar-refractivity contribution >= 4 is 9.84 Å². The second-order valence-corrected chi connectivity index (χ2v) is 8.18. The summed E-state index contributed by atoms with van der Waals surface area (Å²) < 4.78 is 36.6. The number of benzene rings is 2. The maximum Gasteiger partial charge on any atom is 0.183 e. The highest BCUT2D eigenvalue weighted by Crippen LogP contribution is 2.63. The Morgan fingerprint density at radius 2 is 1.72 bits per heavy atom. The van der Waals surface area contributed by atoms with E-state index in [0.29, 0.717) is 5.75 Å². The molecule has 0 radical (unpaired) electrons. The molecule has 6 heteroatoms. The molecule has 2 aromatic carbocycles. The van der Waals surface area contributed by atoms with Crippen molar-refractivity contribution in [3.05, 3.63) is 60.2 Å². The van der Waals surface area contributed by atoms with Crippen molar-refractivity contribution in [2.45, 2.75) is 16.1 Å². The second kappa shape index (κ2) is 6.51. The van der Waals surface area contributed by atoms with E-state index in [1.54, 1.807) is 49.6 Å². The van der Waals surface area contributed by atoms with Crippen LogP contribution in [0.15, 0.2) is 59.5 Å². The molecule has 0 heterocycles. The number of rotatable bonds is 6. The van der Waals surface area contributed by atoms with E-state index in [-0.39, 0.29) is 11.5 Å². The van der Waals surface area contributed by atoms with E-state index in [1.807, 2.05) is 12.1 Å². The van der Waals surface area contributed by atoms with Crippen LogP contribution >= 0.6 is 0 Å². The normalized spacial score (nSPS) is 25.2. The van der Waals surface area contributed by atoms with Crippen LogP contribution in [0.4, 0.5) is 0 Å². The zero-order valence-corrected chi connectivity index (χ0v) is 14.9. The van der Waals surface area contributed by atoms with Crippen LogP contribution in [-0.4, -0.2) is 34.5 Å². The summed E-state index contributed by atoms with van der Waals surface area (Å²) in [6.07, 6.45) is 0. The van der Waals surface area contributed by atoms with E-state index in [1.165, 1.54) is 7.11 Å². The average molecular weight is 357 g/mol. The van der Waals surface area contributed by atoms with E-state index in [4.69, 9.17) is 9.47 Å². The van der Waals surface area contributed by atoms with Crippen LogP contribution in [0.2, 0.25) is 0 Å². The Kier molecular flexibility index (Phi) is 4.55. The van der Waals surface area contributed by atoms with Gasteiger partial charge in [0.2, 0.25) is 0 Å². The Morgan fingerprint density at radius 3 is 2.24 bits per heavy atom. The minimum atomic E-state index is -3.65. The Labute approximate surface area is 147 Å². The first-order valence-electron chi connectivity index (χ1n) is 7.84. The predicted molar refractivity (Wildman–Crippen MR) is 93.1 cm³/mol. The Balaban J connectivity index is 2.05. The smallest absolute Gasteiger partial charge is 0.183 e. The van der Waals surface area contributed by atoms with Crippen LogP contribution < -0.4 is 4.74 Å². The SMILES string of the molecule is COC[C@@]1(C#N)[C@@H](c2ccc(OC)cc2)[C@@H]1S(=O)(=O)c1ccccc1. The zero-order chi connectivity index (χ0) is 18.1. The van der Waals surface area contributed by atoms with Crippen LogP contribution in [0.5, 0.6) is 5.75 Å². The monoisotopic (exact) mass is 357 g/mol. The van der Waals surface area contributed by atoms with Gasteiger partial charge in [-0.3, -0.25) is 0 Å². The fraction of sp³-hybridized carbons (Fsp3) is 0.316. The van der Waals surface area contributed by atoms with Gasteiger partial charge in [0.25, 0.3) is 0 Å². The molecule has 0 unspecified atom stereocenters. The molecule has 5 nitrogen and oxygen atoms in total. The third kappa shape index (κ3) is 2.80. The minimum absolute atomic E-state index is 0.0664. The van der Waals surface area contributed by atoms with Gasteiger partial charge in [-0.05, 0) is 29.8 Å². The van der Waals surface area contributed by atoms with Crippen molar-refractivity contribution in [2.24, 2.45) is 5.41 Å². The molecule has 0 spiro atoms. The number of hydrogen-bond acceptors (Lipinski definition) is 5. The molecule has 25 heavy (non-hydrogen) atoms.